The first kappa shape index (κ1) is 16.7. The van der Waals surface area contributed by atoms with Crippen LogP contribution >= 0.6 is 0 Å². The fourth-order valence-electron chi connectivity index (χ4n) is 1.96. The smallest absolute Gasteiger partial charge is 0.331 e. The van der Waals surface area contributed by atoms with Crippen LogP contribution in [0, 0.1) is 6.92 Å². The molecule has 0 fully saturated rings. The van der Waals surface area contributed by atoms with E-state index in [0.29, 0.717) is 12.3 Å². The van der Waals surface area contributed by atoms with E-state index in [4.69, 9.17) is 9.26 Å². The summed E-state index contributed by atoms with van der Waals surface area (Å²) in [6.07, 6.45) is 3.52. The van der Waals surface area contributed by atoms with Crippen LogP contribution in [-0.4, -0.2) is 51.2 Å². The van der Waals surface area contributed by atoms with E-state index in [-0.39, 0.29) is 12.3 Å². The van der Waals surface area contributed by atoms with Gasteiger partial charge in [-0.25, -0.2) is 4.79 Å². The van der Waals surface area contributed by atoms with E-state index in [1.54, 1.807) is 10.9 Å². The van der Waals surface area contributed by atoms with Crippen LogP contribution in [0.2, 0.25) is 0 Å². The molecule has 0 aliphatic carbocycles. The number of aliphatic carboxylic acids is 1. The van der Waals surface area contributed by atoms with Crippen LogP contribution < -0.4 is 5.32 Å². The van der Waals surface area contributed by atoms with Gasteiger partial charge in [-0.15, -0.1) is 0 Å². The molecular weight excluding hydrogens is 304 g/mol. The maximum absolute atomic E-state index is 12.1. The number of carbonyl (C=O) groups is 2. The van der Waals surface area contributed by atoms with Gasteiger partial charge in [0.1, 0.15) is 6.54 Å². The van der Waals surface area contributed by atoms with Crippen molar-refractivity contribution >= 4 is 11.9 Å². The molecule has 0 spiro atoms. The number of nitrogens with one attached hydrogen (secondary N) is 1. The molecule has 23 heavy (non-hydrogen) atoms. The first-order chi connectivity index (χ1) is 10.8. The minimum Gasteiger partial charge on any atom is -0.479 e. The van der Waals surface area contributed by atoms with Crippen molar-refractivity contribution in [2.24, 2.45) is 0 Å². The molecule has 0 aromatic carbocycles. The number of nitrogens with zero attached hydrogens (tertiary/aromatic N) is 3. The summed E-state index contributed by atoms with van der Waals surface area (Å²) in [5.41, 5.74) is -0.559. The van der Waals surface area contributed by atoms with E-state index in [2.05, 4.69) is 15.6 Å². The SMILES string of the molecule is COCC(C)(NC(=O)c1cc(Cn2cc(C)cn2)on1)C(=O)O. The molecule has 2 rings (SSSR count). The van der Waals surface area contributed by atoms with Gasteiger partial charge in [-0.2, -0.15) is 5.10 Å². The van der Waals surface area contributed by atoms with Gasteiger partial charge >= 0.3 is 5.97 Å². The molecule has 0 aliphatic rings. The maximum Gasteiger partial charge on any atom is 0.331 e. The van der Waals surface area contributed by atoms with E-state index in [1.165, 1.54) is 20.1 Å². The number of carbonyl (C=O) groups excluding carboxylic acids is 1. The van der Waals surface area contributed by atoms with E-state index in [9.17, 15) is 14.7 Å². The van der Waals surface area contributed by atoms with Gasteiger partial charge in [-0.05, 0) is 19.4 Å². The summed E-state index contributed by atoms with van der Waals surface area (Å²) in [6.45, 7) is 3.41. The molecule has 0 aliphatic heterocycles. The van der Waals surface area contributed by atoms with Crippen LogP contribution in [0.3, 0.4) is 0 Å². The molecule has 1 unspecified atom stereocenters. The predicted octanol–water partition coefficient (Wildman–Crippen LogP) is 0.447. The number of hydrogen-bond donors (Lipinski definition) is 2. The third-order valence-electron chi connectivity index (χ3n) is 3.17. The first-order valence-corrected chi connectivity index (χ1v) is 6.83. The maximum atomic E-state index is 12.1. The quantitative estimate of drug-likeness (QED) is 0.759. The van der Waals surface area contributed by atoms with Crippen molar-refractivity contribution in [2.75, 3.05) is 13.7 Å². The average molecular weight is 322 g/mol. The minimum absolute atomic E-state index is 0.00699. The number of ether oxygens (including phenoxy) is 1. The van der Waals surface area contributed by atoms with Crippen molar-refractivity contribution in [3.05, 3.63) is 35.5 Å². The Morgan fingerprint density at radius 2 is 2.26 bits per heavy atom. The summed E-state index contributed by atoms with van der Waals surface area (Å²) in [6, 6.07) is 1.45. The van der Waals surface area contributed by atoms with Crippen molar-refractivity contribution in [2.45, 2.75) is 25.9 Å². The van der Waals surface area contributed by atoms with Gasteiger partial charge in [0.2, 0.25) is 0 Å². The molecule has 9 heteroatoms. The molecule has 0 saturated heterocycles. The Balaban J connectivity index is 2.07. The number of methoxy groups -OCH3 is 1. The Morgan fingerprint density at radius 3 is 2.83 bits per heavy atom. The molecule has 9 nitrogen and oxygen atoms in total. The van der Waals surface area contributed by atoms with Crippen LogP contribution in [-0.2, 0) is 16.1 Å². The Labute approximate surface area is 132 Å². The van der Waals surface area contributed by atoms with Gasteiger partial charge in [0.25, 0.3) is 5.91 Å². The van der Waals surface area contributed by atoms with Crippen molar-refractivity contribution in [3.8, 4) is 0 Å². The third kappa shape index (κ3) is 3.95. The lowest BCUT2D eigenvalue weighted by atomic mass is 10.0. The van der Waals surface area contributed by atoms with Crippen LogP contribution in [0.25, 0.3) is 0 Å². The van der Waals surface area contributed by atoms with Gasteiger partial charge < -0.3 is 19.7 Å². The third-order valence-corrected chi connectivity index (χ3v) is 3.17. The lowest BCUT2D eigenvalue weighted by Crippen LogP contribution is -2.55. The largest absolute Gasteiger partial charge is 0.479 e. The van der Waals surface area contributed by atoms with Crippen LogP contribution in [0.15, 0.2) is 23.0 Å². The van der Waals surface area contributed by atoms with E-state index in [1.807, 2.05) is 13.1 Å². The molecule has 124 valence electrons. The second-order valence-electron chi connectivity index (χ2n) is 5.42. The lowest BCUT2D eigenvalue weighted by molar-refractivity contribution is -0.145. The van der Waals surface area contributed by atoms with Crippen LogP contribution in [0.5, 0.6) is 0 Å². The van der Waals surface area contributed by atoms with Gasteiger partial charge in [-0.3, -0.25) is 9.48 Å². The predicted molar refractivity (Wildman–Crippen MR) is 78.0 cm³/mol. The highest BCUT2D eigenvalue weighted by Gasteiger charge is 2.36. The molecule has 2 aromatic rings. The van der Waals surface area contributed by atoms with Gasteiger partial charge in [0.05, 0.1) is 12.8 Å². The van der Waals surface area contributed by atoms with Crippen LogP contribution in [0.4, 0.5) is 0 Å². The highest BCUT2D eigenvalue weighted by atomic mass is 16.5. The number of amides is 1. The summed E-state index contributed by atoms with van der Waals surface area (Å²) in [4.78, 5) is 23.4. The van der Waals surface area contributed by atoms with Crippen LogP contribution in [0.1, 0.15) is 28.7 Å². The minimum atomic E-state index is -1.55. The molecule has 0 bridgehead atoms. The zero-order chi connectivity index (χ0) is 17.0. The Hall–Kier alpha value is -2.68. The van der Waals surface area contributed by atoms with E-state index >= 15 is 0 Å². The van der Waals surface area contributed by atoms with Crippen molar-refractivity contribution in [1.29, 1.82) is 0 Å². The number of aromatic nitrogens is 3. The van der Waals surface area contributed by atoms with Gasteiger partial charge in [0.15, 0.2) is 17.0 Å². The monoisotopic (exact) mass is 322 g/mol. The molecule has 2 aromatic heterocycles. The van der Waals surface area contributed by atoms with E-state index in [0.717, 1.165) is 5.56 Å². The van der Waals surface area contributed by atoms with E-state index < -0.39 is 17.4 Å². The molecular formula is C14H18N4O5. The zero-order valence-electron chi connectivity index (χ0n) is 13.1. The lowest BCUT2D eigenvalue weighted by Gasteiger charge is -2.24. The molecule has 1 atom stereocenters. The number of carboxylic acids is 1. The number of rotatable bonds is 7. The van der Waals surface area contributed by atoms with Crippen molar-refractivity contribution < 1.29 is 24.0 Å². The Kier molecular flexibility index (Phi) is 4.80. The van der Waals surface area contributed by atoms with Gasteiger partial charge in [0, 0.05) is 19.4 Å². The number of carboxylic acid groups (broad SMARTS) is 1. The molecule has 2 heterocycles. The fraction of sp³-hybridized carbons (Fsp3) is 0.429. The zero-order valence-corrected chi connectivity index (χ0v) is 13.1. The average Bonchev–Trinajstić information content (AvgIpc) is 3.08. The normalized spacial score (nSPS) is 13.5. The molecule has 2 N–H and O–H groups in total. The first-order valence-electron chi connectivity index (χ1n) is 6.83. The summed E-state index contributed by atoms with van der Waals surface area (Å²) in [5, 5.41) is 19.4. The molecule has 1 amide bonds. The highest BCUT2D eigenvalue weighted by molar-refractivity contribution is 5.96. The Bertz CT molecular complexity index is 708. The number of hydrogen-bond acceptors (Lipinski definition) is 6. The topological polar surface area (TPSA) is 119 Å². The summed E-state index contributed by atoms with van der Waals surface area (Å²) >= 11 is 0. The molecule has 0 saturated carbocycles. The van der Waals surface area contributed by atoms with Gasteiger partial charge in [-0.1, -0.05) is 5.16 Å². The standard InChI is InChI=1S/C14H18N4O5/c1-9-5-15-18(6-9)7-10-4-11(17-23-10)12(19)16-14(2,8-22-3)13(20)21/h4-6H,7-8H2,1-3H3,(H,16,19)(H,20,21). The number of aryl methyl sites for hydroxylation is 1. The second kappa shape index (κ2) is 6.61. The summed E-state index contributed by atoms with van der Waals surface area (Å²) in [7, 11) is 1.35. The highest BCUT2D eigenvalue weighted by Crippen LogP contribution is 2.10. The fourth-order valence-corrected chi connectivity index (χ4v) is 1.96. The Morgan fingerprint density at radius 1 is 1.52 bits per heavy atom. The summed E-state index contributed by atoms with van der Waals surface area (Å²) in [5.74, 6) is -1.43. The van der Waals surface area contributed by atoms with Crippen molar-refractivity contribution in [1.82, 2.24) is 20.3 Å². The summed E-state index contributed by atoms with van der Waals surface area (Å²) < 4.78 is 11.6. The second-order valence-corrected chi connectivity index (χ2v) is 5.42. The molecule has 0 radical (unpaired) electrons. The van der Waals surface area contributed by atoms with Crippen molar-refractivity contribution in [3.63, 3.8) is 0 Å².